The molecule has 156 valence electrons. The number of piperazine rings is 1. The van der Waals surface area contributed by atoms with E-state index in [4.69, 9.17) is 5.73 Å². The number of nitrogens with zero attached hydrogens (tertiary/aromatic N) is 4. The number of aromatic nitrogens is 1. The molecular weight excluding hydrogens is 388 g/mol. The maximum absolute atomic E-state index is 12.6. The van der Waals surface area contributed by atoms with Crippen molar-refractivity contribution in [3.8, 4) is 0 Å². The smallest absolute Gasteiger partial charge is 0.216 e. The number of aliphatic imine (C=N–C) groups is 1. The van der Waals surface area contributed by atoms with Crippen LogP contribution >= 0.6 is 0 Å². The summed E-state index contributed by atoms with van der Waals surface area (Å²) in [7, 11) is -3.37. The lowest BCUT2D eigenvalue weighted by molar-refractivity contribution is 0.384. The van der Waals surface area contributed by atoms with E-state index >= 15 is 0 Å². The van der Waals surface area contributed by atoms with E-state index in [1.54, 1.807) is 6.20 Å². The summed E-state index contributed by atoms with van der Waals surface area (Å²) < 4.78 is 26.7. The van der Waals surface area contributed by atoms with Gasteiger partial charge in [-0.25, -0.2) is 13.4 Å². The first-order valence-electron chi connectivity index (χ1n) is 9.77. The van der Waals surface area contributed by atoms with Gasteiger partial charge in [-0.3, -0.25) is 4.99 Å². The minimum atomic E-state index is -3.37. The highest BCUT2D eigenvalue weighted by Crippen LogP contribution is 2.15. The van der Waals surface area contributed by atoms with Crippen molar-refractivity contribution >= 4 is 27.5 Å². The summed E-state index contributed by atoms with van der Waals surface area (Å²) in [6, 6.07) is 13.6. The van der Waals surface area contributed by atoms with Crippen LogP contribution in [0.2, 0.25) is 0 Å². The summed E-state index contributed by atoms with van der Waals surface area (Å²) in [6.07, 6.45) is 2.71. The van der Waals surface area contributed by atoms with Crippen molar-refractivity contribution in [1.29, 1.82) is 0 Å². The Morgan fingerprint density at radius 1 is 1.14 bits per heavy atom. The van der Waals surface area contributed by atoms with Crippen LogP contribution in [0, 0.1) is 0 Å². The average Bonchev–Trinajstić information content (AvgIpc) is 2.75. The Morgan fingerprint density at radius 3 is 2.48 bits per heavy atom. The maximum Gasteiger partial charge on any atom is 0.216 e. The molecule has 0 saturated carbocycles. The van der Waals surface area contributed by atoms with E-state index in [1.807, 2.05) is 42.5 Å². The fraction of sp³-hybridized carbons (Fsp3) is 0.400. The third kappa shape index (κ3) is 5.91. The van der Waals surface area contributed by atoms with E-state index in [1.165, 1.54) is 9.87 Å². The molecule has 0 aliphatic carbocycles. The predicted octanol–water partition coefficient (Wildman–Crippen LogP) is 1.52. The molecule has 1 aromatic heterocycles. The van der Waals surface area contributed by atoms with Crippen LogP contribution in [0.1, 0.15) is 12.5 Å². The van der Waals surface area contributed by atoms with E-state index in [9.17, 15) is 8.42 Å². The largest absolute Gasteiger partial charge is 0.370 e. The molecule has 8 nitrogen and oxygen atoms in total. The van der Waals surface area contributed by atoms with Gasteiger partial charge in [-0.1, -0.05) is 25.1 Å². The topological polar surface area (TPSA) is 104 Å². The molecule has 3 rings (SSSR count). The van der Waals surface area contributed by atoms with Gasteiger partial charge in [0.25, 0.3) is 0 Å². The van der Waals surface area contributed by atoms with Crippen LogP contribution in [-0.2, 0) is 16.4 Å². The summed E-state index contributed by atoms with van der Waals surface area (Å²) in [4.78, 5) is 10.6. The van der Waals surface area contributed by atoms with Crippen molar-refractivity contribution in [2.45, 2.75) is 13.3 Å². The van der Waals surface area contributed by atoms with Crippen LogP contribution in [0.4, 0.5) is 11.5 Å². The molecule has 1 aromatic carbocycles. The normalized spacial score (nSPS) is 16.0. The van der Waals surface area contributed by atoms with Gasteiger partial charge in [-0.15, -0.1) is 0 Å². The molecule has 1 saturated heterocycles. The molecule has 0 unspecified atom stereocenters. The van der Waals surface area contributed by atoms with Crippen LogP contribution in [0.3, 0.4) is 0 Å². The van der Waals surface area contributed by atoms with Gasteiger partial charge in [0.1, 0.15) is 5.82 Å². The molecule has 3 N–H and O–H groups in total. The highest BCUT2D eigenvalue weighted by atomic mass is 32.2. The molecule has 0 atom stereocenters. The van der Waals surface area contributed by atoms with E-state index in [0.29, 0.717) is 26.2 Å². The van der Waals surface area contributed by atoms with Crippen molar-refractivity contribution < 1.29 is 8.42 Å². The van der Waals surface area contributed by atoms with Crippen LogP contribution in [-0.4, -0.2) is 62.1 Å². The molecule has 29 heavy (non-hydrogen) atoms. The number of hydrogen-bond donors (Lipinski definition) is 2. The second kappa shape index (κ2) is 9.71. The van der Waals surface area contributed by atoms with Gasteiger partial charge in [0.15, 0.2) is 5.96 Å². The molecule has 9 heteroatoms. The molecule has 0 spiro atoms. The molecule has 2 heterocycles. The predicted molar refractivity (Wildman–Crippen MR) is 118 cm³/mol. The van der Waals surface area contributed by atoms with Crippen LogP contribution in [0.5, 0.6) is 0 Å². The Morgan fingerprint density at radius 2 is 1.86 bits per heavy atom. The number of nitrogens with two attached hydrogens (primary N) is 1. The van der Waals surface area contributed by atoms with Crippen molar-refractivity contribution in [3.05, 3.63) is 54.2 Å². The van der Waals surface area contributed by atoms with Gasteiger partial charge >= 0.3 is 0 Å². The zero-order valence-corrected chi connectivity index (χ0v) is 17.5. The van der Waals surface area contributed by atoms with E-state index < -0.39 is 10.0 Å². The lowest BCUT2D eigenvalue weighted by Gasteiger charge is -2.34. The number of nitrogens with one attached hydrogen (secondary N) is 1. The van der Waals surface area contributed by atoms with Gasteiger partial charge in [-0.05, 0) is 36.2 Å². The molecule has 0 radical (unpaired) electrons. The van der Waals surface area contributed by atoms with Crippen molar-refractivity contribution in [2.75, 3.05) is 48.7 Å². The van der Waals surface area contributed by atoms with Crippen LogP contribution < -0.4 is 16.0 Å². The standard InChI is InChI=1S/C20H28N6O2S/c1-2-17-6-8-18(9-7-17)24-20(21)23-11-16-29(27,28)26-14-12-25(13-15-26)19-5-3-4-10-22-19/h3-10H,2,11-16H2,1H3,(H3,21,23,24). The number of guanidine groups is 1. The third-order valence-electron chi connectivity index (χ3n) is 4.87. The van der Waals surface area contributed by atoms with Crippen LogP contribution in [0.15, 0.2) is 53.7 Å². The number of anilines is 2. The Bertz CT molecular complexity index is 908. The fourth-order valence-corrected chi connectivity index (χ4v) is 4.46. The Kier molecular flexibility index (Phi) is 7.05. The number of hydrogen-bond acceptors (Lipinski definition) is 5. The molecule has 2 aromatic rings. The number of rotatable bonds is 7. The Balaban J connectivity index is 1.47. The first-order chi connectivity index (χ1) is 14.0. The molecule has 1 aliphatic heterocycles. The lowest BCUT2D eigenvalue weighted by atomic mass is 10.1. The highest BCUT2D eigenvalue weighted by molar-refractivity contribution is 7.89. The van der Waals surface area contributed by atoms with Gasteiger partial charge in [0, 0.05) is 38.1 Å². The second-order valence-corrected chi connectivity index (χ2v) is 8.92. The average molecular weight is 417 g/mol. The van der Waals surface area contributed by atoms with E-state index in [-0.39, 0.29) is 18.3 Å². The summed E-state index contributed by atoms with van der Waals surface area (Å²) >= 11 is 0. The Hall–Kier alpha value is -2.65. The summed E-state index contributed by atoms with van der Waals surface area (Å²) in [5.41, 5.74) is 7.95. The second-order valence-electron chi connectivity index (χ2n) is 6.83. The first-order valence-corrected chi connectivity index (χ1v) is 11.4. The maximum atomic E-state index is 12.6. The monoisotopic (exact) mass is 416 g/mol. The quantitative estimate of drug-likeness (QED) is 0.524. The number of sulfonamides is 1. The van der Waals surface area contributed by atoms with E-state index in [2.05, 4.69) is 27.1 Å². The van der Waals surface area contributed by atoms with Crippen LogP contribution in [0.25, 0.3) is 0 Å². The number of aryl methyl sites for hydroxylation is 1. The molecule has 0 bridgehead atoms. The zero-order valence-electron chi connectivity index (χ0n) is 16.7. The van der Waals surface area contributed by atoms with Gasteiger partial charge in [0.2, 0.25) is 10.0 Å². The highest BCUT2D eigenvalue weighted by Gasteiger charge is 2.26. The van der Waals surface area contributed by atoms with Gasteiger partial charge in [0.05, 0.1) is 12.3 Å². The molecule has 1 aliphatic rings. The van der Waals surface area contributed by atoms with Crippen molar-refractivity contribution in [3.63, 3.8) is 0 Å². The van der Waals surface area contributed by atoms with Crippen molar-refractivity contribution in [1.82, 2.24) is 9.29 Å². The minimum absolute atomic E-state index is 0.0618. The minimum Gasteiger partial charge on any atom is -0.370 e. The molecule has 0 amide bonds. The van der Waals surface area contributed by atoms with Crippen molar-refractivity contribution in [2.24, 2.45) is 10.7 Å². The summed E-state index contributed by atoms with van der Waals surface area (Å²) in [5.74, 6) is 1.03. The summed E-state index contributed by atoms with van der Waals surface area (Å²) in [5, 5.41) is 2.99. The number of benzene rings is 1. The molecular formula is C20H28N6O2S. The third-order valence-corrected chi connectivity index (χ3v) is 6.72. The summed E-state index contributed by atoms with van der Waals surface area (Å²) in [6.45, 7) is 4.35. The van der Waals surface area contributed by atoms with Gasteiger partial charge in [-0.2, -0.15) is 4.31 Å². The Labute approximate surface area is 172 Å². The zero-order chi connectivity index (χ0) is 20.7. The molecule has 1 fully saturated rings. The fourth-order valence-electron chi connectivity index (χ4n) is 3.16. The van der Waals surface area contributed by atoms with E-state index in [0.717, 1.165) is 17.9 Å². The number of pyridine rings is 1. The lowest BCUT2D eigenvalue weighted by Crippen LogP contribution is -2.49. The van der Waals surface area contributed by atoms with Gasteiger partial charge < -0.3 is 16.0 Å². The SMILES string of the molecule is CCc1ccc(NC(N)=NCCS(=O)(=O)N2CCN(c3ccccn3)CC2)cc1. The first kappa shape index (κ1) is 21.1.